The summed E-state index contributed by atoms with van der Waals surface area (Å²) in [7, 11) is 0. The molecule has 12 heteroatoms. The number of hydrogen-bond acceptors (Lipinski definition) is 11. The zero-order chi connectivity index (χ0) is 56.1. The number of unbranched alkanes of at least 4 members (excludes halogenated alkanes) is 23. The Bertz CT molecular complexity index is 1660. The van der Waals surface area contributed by atoms with Crippen molar-refractivity contribution in [1.82, 2.24) is 0 Å². The van der Waals surface area contributed by atoms with Crippen molar-refractivity contribution in [2.75, 3.05) is 13.2 Å². The van der Waals surface area contributed by atoms with Gasteiger partial charge in [-0.2, -0.15) is 0 Å². The van der Waals surface area contributed by atoms with Crippen LogP contribution in [0.25, 0.3) is 0 Å². The van der Waals surface area contributed by atoms with E-state index < -0.39 is 67.3 Å². The number of carbonyl (C=O) groups is 4. The largest absolute Gasteiger partial charge is 0.479 e. The molecule has 0 spiro atoms. The van der Waals surface area contributed by atoms with Crippen LogP contribution in [0.2, 0.25) is 0 Å². The highest BCUT2D eigenvalue weighted by Crippen LogP contribution is 2.26. The molecule has 0 radical (unpaired) electrons. The van der Waals surface area contributed by atoms with Crippen molar-refractivity contribution in [3.63, 3.8) is 0 Å². The molecule has 1 saturated heterocycles. The number of ether oxygens (including phenoxy) is 5. The molecule has 6 atom stereocenters. The maximum atomic E-state index is 13.2. The Morgan fingerprint density at radius 2 is 0.818 bits per heavy atom. The fraction of sp³-hybridized carbons (Fsp3) is 0.723. The molecule has 77 heavy (non-hydrogen) atoms. The summed E-state index contributed by atoms with van der Waals surface area (Å²) in [6.45, 7) is 5.74. The first-order valence-corrected chi connectivity index (χ1v) is 30.6. The fourth-order valence-corrected chi connectivity index (χ4v) is 8.80. The van der Waals surface area contributed by atoms with E-state index in [4.69, 9.17) is 23.7 Å². The number of allylic oxidation sites excluding steroid dienone is 14. The van der Waals surface area contributed by atoms with E-state index in [0.717, 1.165) is 161 Å². The minimum Gasteiger partial charge on any atom is -0.479 e. The molecule has 3 N–H and O–H groups in total. The second kappa shape index (κ2) is 52.6. The van der Waals surface area contributed by atoms with Crippen molar-refractivity contribution in [3.8, 4) is 0 Å². The van der Waals surface area contributed by atoms with Crippen molar-refractivity contribution in [2.24, 2.45) is 0 Å². The van der Waals surface area contributed by atoms with Crippen LogP contribution in [0.3, 0.4) is 0 Å². The molecule has 1 aliphatic rings. The molecule has 0 saturated carbocycles. The number of carbonyl (C=O) groups excluding carboxylic acids is 3. The van der Waals surface area contributed by atoms with Gasteiger partial charge in [0.05, 0.1) is 6.61 Å². The molecule has 0 aromatic rings. The van der Waals surface area contributed by atoms with Crippen LogP contribution in [-0.4, -0.2) is 89.2 Å². The number of aliphatic carboxylic acids is 1. The zero-order valence-electron chi connectivity index (χ0n) is 48.4. The normalized spacial score (nSPS) is 18.6. The summed E-state index contributed by atoms with van der Waals surface area (Å²) >= 11 is 0. The Hall–Kier alpha value is -4.10. The Morgan fingerprint density at radius 1 is 0.442 bits per heavy atom. The Morgan fingerprint density at radius 3 is 1.26 bits per heavy atom. The van der Waals surface area contributed by atoms with Gasteiger partial charge in [0.1, 0.15) is 18.8 Å². The Balaban J connectivity index is 2.70. The number of hydrogen-bond donors (Lipinski definition) is 3. The molecule has 0 aromatic carbocycles. The predicted molar refractivity (Wildman–Crippen MR) is 312 cm³/mol. The fourth-order valence-electron chi connectivity index (χ4n) is 8.80. The van der Waals surface area contributed by atoms with E-state index in [1.807, 2.05) is 0 Å². The average molecular weight is 1080 g/mol. The SMILES string of the molecule is CC/C=C\C/C=C\C/C=C\CCCCCCCCCC(=O)OCC(COC1OC(C(=O)O)C(O)C(O)C1OC(=O)CCCCCCC/C=C\CCCCCC)OC(=O)CCCCCCCCC/C=C\C/C=C\C/C=C\CC. The van der Waals surface area contributed by atoms with Crippen molar-refractivity contribution in [2.45, 2.75) is 289 Å². The molecule has 1 aliphatic heterocycles. The van der Waals surface area contributed by atoms with Gasteiger partial charge in [-0.1, -0.05) is 209 Å². The van der Waals surface area contributed by atoms with Crippen molar-refractivity contribution in [1.29, 1.82) is 0 Å². The number of rotatable bonds is 51. The van der Waals surface area contributed by atoms with Gasteiger partial charge in [-0.15, -0.1) is 0 Å². The summed E-state index contributed by atoms with van der Waals surface area (Å²) in [5.74, 6) is -3.15. The summed E-state index contributed by atoms with van der Waals surface area (Å²) in [6, 6.07) is 0. The molecule has 0 bridgehead atoms. The zero-order valence-corrected chi connectivity index (χ0v) is 48.4. The lowest BCUT2D eigenvalue weighted by molar-refractivity contribution is -0.301. The number of aliphatic hydroxyl groups excluding tert-OH is 2. The first kappa shape index (κ1) is 70.9. The molecule has 6 unspecified atom stereocenters. The van der Waals surface area contributed by atoms with E-state index in [9.17, 15) is 34.5 Å². The minimum atomic E-state index is -1.91. The van der Waals surface area contributed by atoms with Crippen molar-refractivity contribution < 1.29 is 58.2 Å². The van der Waals surface area contributed by atoms with Crippen molar-refractivity contribution >= 4 is 23.9 Å². The first-order chi connectivity index (χ1) is 37.6. The monoisotopic (exact) mass is 1080 g/mol. The third kappa shape index (κ3) is 42.5. The van der Waals surface area contributed by atoms with Crippen LogP contribution in [0.15, 0.2) is 85.1 Å². The van der Waals surface area contributed by atoms with Crippen LogP contribution < -0.4 is 0 Å². The van der Waals surface area contributed by atoms with E-state index in [1.165, 1.54) is 32.1 Å². The van der Waals surface area contributed by atoms with Gasteiger partial charge in [-0.05, 0) is 109 Å². The molecule has 0 aliphatic carbocycles. The Kier molecular flexibility index (Phi) is 48.4. The van der Waals surface area contributed by atoms with E-state index in [0.29, 0.717) is 19.3 Å². The molecular formula is C65H108O12. The van der Waals surface area contributed by atoms with E-state index in [2.05, 4.69) is 106 Å². The summed E-state index contributed by atoms with van der Waals surface area (Å²) in [5.41, 5.74) is 0. The predicted octanol–water partition coefficient (Wildman–Crippen LogP) is 15.9. The lowest BCUT2D eigenvalue weighted by Gasteiger charge is -2.40. The lowest BCUT2D eigenvalue weighted by Crippen LogP contribution is -2.61. The number of carboxylic acid groups (broad SMARTS) is 1. The number of aliphatic hydroxyl groups is 2. The van der Waals surface area contributed by atoms with E-state index in [-0.39, 0.29) is 25.9 Å². The molecule has 1 rings (SSSR count). The van der Waals surface area contributed by atoms with Gasteiger partial charge in [0.2, 0.25) is 0 Å². The van der Waals surface area contributed by atoms with E-state index in [1.54, 1.807) is 0 Å². The molecule has 0 aromatic heterocycles. The summed E-state index contributed by atoms with van der Waals surface area (Å²) in [6.07, 6.45) is 55.4. The first-order valence-electron chi connectivity index (χ1n) is 30.6. The van der Waals surface area contributed by atoms with Crippen LogP contribution in [0, 0.1) is 0 Å². The highest BCUT2D eigenvalue weighted by atomic mass is 16.7. The van der Waals surface area contributed by atoms with Crippen molar-refractivity contribution in [3.05, 3.63) is 85.1 Å². The average Bonchev–Trinajstić information content (AvgIpc) is 3.42. The van der Waals surface area contributed by atoms with Gasteiger partial charge >= 0.3 is 23.9 Å². The number of carboxylic acids is 1. The standard InChI is InChI=1S/C65H108O12/c1-4-7-10-13-16-19-22-25-27-29-31-34-36-39-42-45-48-51-57(66)73-54-56(75-58(67)52-49-46-43-40-38-35-32-30-28-26-23-20-17-14-11-8-5-2)55-74-65-63(61(70)60(69)62(77-65)64(71)72)76-59(68)53-50-47-44-41-37-33-24-21-18-15-12-9-6-3/h7-8,10-11,16-17,19-21,24-28,56,60-63,65,69-70H,4-6,9,12-15,18,22-23,29-55H2,1-3H3,(H,71,72)/b10-7-,11-8-,19-16-,20-17-,24-21-,27-25-,28-26-. The molecular weight excluding hydrogens is 973 g/mol. The van der Waals surface area contributed by atoms with E-state index >= 15 is 0 Å². The molecule has 1 fully saturated rings. The van der Waals surface area contributed by atoms with Gasteiger partial charge in [-0.3, -0.25) is 14.4 Å². The topological polar surface area (TPSA) is 175 Å². The quantitative estimate of drug-likeness (QED) is 0.0228. The summed E-state index contributed by atoms with van der Waals surface area (Å²) in [4.78, 5) is 51.2. The molecule has 12 nitrogen and oxygen atoms in total. The summed E-state index contributed by atoms with van der Waals surface area (Å²) < 4.78 is 28.4. The minimum absolute atomic E-state index is 0.0459. The van der Waals surface area contributed by atoms with Gasteiger partial charge in [-0.25, -0.2) is 4.79 Å². The maximum absolute atomic E-state index is 13.2. The highest BCUT2D eigenvalue weighted by Gasteiger charge is 2.50. The van der Waals surface area contributed by atoms with Crippen LogP contribution in [0.1, 0.15) is 252 Å². The van der Waals surface area contributed by atoms with Gasteiger partial charge in [0.25, 0.3) is 0 Å². The van der Waals surface area contributed by atoms with Crippen LogP contribution in [0.5, 0.6) is 0 Å². The van der Waals surface area contributed by atoms with Gasteiger partial charge in [0, 0.05) is 19.3 Å². The van der Waals surface area contributed by atoms with Gasteiger partial charge in [0.15, 0.2) is 24.6 Å². The van der Waals surface area contributed by atoms with Crippen LogP contribution in [0.4, 0.5) is 0 Å². The maximum Gasteiger partial charge on any atom is 0.335 e. The molecule has 440 valence electrons. The lowest BCUT2D eigenvalue weighted by atomic mass is 9.98. The third-order valence-electron chi connectivity index (χ3n) is 13.4. The second-order valence-corrected chi connectivity index (χ2v) is 20.6. The Labute approximate surface area is 467 Å². The second-order valence-electron chi connectivity index (χ2n) is 20.6. The molecule has 1 heterocycles. The smallest absolute Gasteiger partial charge is 0.335 e. The third-order valence-corrected chi connectivity index (χ3v) is 13.4. The number of esters is 3. The summed E-state index contributed by atoms with van der Waals surface area (Å²) in [5, 5.41) is 31.5. The molecule has 0 amide bonds. The van der Waals surface area contributed by atoms with Crippen LogP contribution in [-0.2, 0) is 42.9 Å². The van der Waals surface area contributed by atoms with Crippen LogP contribution >= 0.6 is 0 Å². The van der Waals surface area contributed by atoms with Gasteiger partial charge < -0.3 is 39.0 Å². The highest BCUT2D eigenvalue weighted by molar-refractivity contribution is 5.74.